The standard InChI is InChI=1S/C8H12N2.C2H6.CH4O/c1-2-4-8(3-1)10-6-5-9-7-10;2*1-2/h5-8H,1-4H2;1-2H3;2H,1H3. The lowest BCUT2D eigenvalue weighted by Crippen LogP contribution is -2.00. The highest BCUT2D eigenvalue weighted by atomic mass is 16.2. The van der Waals surface area contributed by atoms with Gasteiger partial charge < -0.3 is 9.67 Å². The highest BCUT2D eigenvalue weighted by Crippen LogP contribution is 2.28. The molecule has 0 spiro atoms. The molecule has 0 saturated heterocycles. The Kier molecular flexibility index (Phi) is 8.24. The van der Waals surface area contributed by atoms with E-state index in [0.29, 0.717) is 0 Å². The Hall–Kier alpha value is -0.830. The molecule has 0 bridgehead atoms. The van der Waals surface area contributed by atoms with Crippen molar-refractivity contribution < 1.29 is 5.11 Å². The Labute approximate surface area is 86.8 Å². The lowest BCUT2D eigenvalue weighted by Gasteiger charge is -2.08. The van der Waals surface area contributed by atoms with Crippen LogP contribution in [0.5, 0.6) is 0 Å². The minimum absolute atomic E-state index is 0.752. The second kappa shape index (κ2) is 8.75. The van der Waals surface area contributed by atoms with E-state index in [4.69, 9.17) is 5.11 Å². The average Bonchev–Trinajstić information content (AvgIpc) is 2.96. The zero-order valence-corrected chi connectivity index (χ0v) is 9.48. The quantitative estimate of drug-likeness (QED) is 0.753. The summed E-state index contributed by atoms with van der Waals surface area (Å²) in [4.78, 5) is 4.03. The molecular weight excluding hydrogens is 176 g/mol. The van der Waals surface area contributed by atoms with Crippen LogP contribution in [0.4, 0.5) is 0 Å². The molecule has 0 amide bonds. The van der Waals surface area contributed by atoms with Gasteiger partial charge in [-0.3, -0.25) is 0 Å². The Morgan fingerprint density at radius 2 is 1.79 bits per heavy atom. The van der Waals surface area contributed by atoms with E-state index in [0.717, 1.165) is 13.2 Å². The molecular formula is C11H22N2O. The Morgan fingerprint density at radius 3 is 2.21 bits per heavy atom. The van der Waals surface area contributed by atoms with Crippen molar-refractivity contribution in [1.82, 2.24) is 9.55 Å². The minimum atomic E-state index is 0.752. The summed E-state index contributed by atoms with van der Waals surface area (Å²) in [6.45, 7) is 4.00. The molecule has 0 radical (unpaired) electrons. The second-order valence-corrected chi connectivity index (χ2v) is 2.95. The largest absolute Gasteiger partial charge is 0.400 e. The van der Waals surface area contributed by atoms with Gasteiger partial charge in [0.15, 0.2) is 0 Å². The number of nitrogens with zero attached hydrogens (tertiary/aromatic N) is 2. The van der Waals surface area contributed by atoms with E-state index < -0.39 is 0 Å². The summed E-state index contributed by atoms with van der Waals surface area (Å²) >= 11 is 0. The first-order valence-corrected chi connectivity index (χ1v) is 5.39. The molecule has 0 unspecified atom stereocenters. The maximum absolute atomic E-state index is 7.00. The highest BCUT2D eigenvalue weighted by Gasteiger charge is 2.15. The fourth-order valence-corrected chi connectivity index (χ4v) is 1.69. The van der Waals surface area contributed by atoms with Crippen LogP contribution in [0, 0.1) is 0 Å². The van der Waals surface area contributed by atoms with Gasteiger partial charge in [0.1, 0.15) is 0 Å². The van der Waals surface area contributed by atoms with Crippen LogP contribution in [0.15, 0.2) is 18.7 Å². The van der Waals surface area contributed by atoms with Gasteiger partial charge in [0, 0.05) is 25.5 Å². The number of aliphatic hydroxyl groups is 1. The van der Waals surface area contributed by atoms with E-state index in [-0.39, 0.29) is 0 Å². The van der Waals surface area contributed by atoms with Gasteiger partial charge in [-0.25, -0.2) is 4.98 Å². The Morgan fingerprint density at radius 1 is 1.21 bits per heavy atom. The van der Waals surface area contributed by atoms with Crippen LogP contribution in [0.3, 0.4) is 0 Å². The zero-order valence-electron chi connectivity index (χ0n) is 9.48. The summed E-state index contributed by atoms with van der Waals surface area (Å²) in [5.74, 6) is 0. The van der Waals surface area contributed by atoms with Crippen molar-refractivity contribution in [2.75, 3.05) is 7.11 Å². The van der Waals surface area contributed by atoms with Gasteiger partial charge in [-0.1, -0.05) is 26.7 Å². The Balaban J connectivity index is 0.000000379. The third-order valence-electron chi connectivity index (χ3n) is 2.27. The third-order valence-corrected chi connectivity index (χ3v) is 2.27. The van der Waals surface area contributed by atoms with E-state index >= 15 is 0 Å². The number of imidazole rings is 1. The summed E-state index contributed by atoms with van der Waals surface area (Å²) < 4.78 is 2.23. The van der Waals surface area contributed by atoms with Crippen molar-refractivity contribution >= 4 is 0 Å². The molecule has 3 heteroatoms. The first kappa shape index (κ1) is 13.2. The molecule has 1 aromatic heterocycles. The van der Waals surface area contributed by atoms with Gasteiger partial charge in [-0.15, -0.1) is 0 Å². The van der Waals surface area contributed by atoms with E-state index in [1.807, 2.05) is 26.4 Å². The number of hydrogen-bond donors (Lipinski definition) is 1. The molecule has 1 heterocycles. The number of aliphatic hydroxyl groups excluding tert-OH is 1. The summed E-state index contributed by atoms with van der Waals surface area (Å²) in [5, 5.41) is 7.00. The minimum Gasteiger partial charge on any atom is -0.400 e. The van der Waals surface area contributed by atoms with Gasteiger partial charge in [0.25, 0.3) is 0 Å². The summed E-state index contributed by atoms with van der Waals surface area (Å²) in [5.41, 5.74) is 0. The molecule has 3 nitrogen and oxygen atoms in total. The number of rotatable bonds is 1. The SMILES string of the molecule is CC.CO.c1cn(C2CCCC2)cn1. The predicted octanol–water partition coefficient (Wildman–Crippen LogP) is 2.63. The Bertz CT molecular complexity index is 191. The zero-order chi connectivity index (χ0) is 10.8. The summed E-state index contributed by atoms with van der Waals surface area (Å²) in [7, 11) is 1.00. The van der Waals surface area contributed by atoms with Gasteiger partial charge >= 0.3 is 0 Å². The smallest absolute Gasteiger partial charge is 0.0948 e. The number of hydrogen-bond acceptors (Lipinski definition) is 2. The molecule has 1 aromatic rings. The van der Waals surface area contributed by atoms with Crippen LogP contribution in [-0.4, -0.2) is 21.8 Å². The molecule has 0 atom stereocenters. The van der Waals surface area contributed by atoms with Crippen LogP contribution in [0.1, 0.15) is 45.6 Å². The molecule has 1 N–H and O–H groups in total. The second-order valence-electron chi connectivity index (χ2n) is 2.95. The van der Waals surface area contributed by atoms with E-state index in [1.54, 1.807) is 0 Å². The number of aromatic nitrogens is 2. The molecule has 1 aliphatic rings. The molecule has 14 heavy (non-hydrogen) atoms. The van der Waals surface area contributed by atoms with Crippen LogP contribution in [-0.2, 0) is 0 Å². The molecule has 1 saturated carbocycles. The maximum Gasteiger partial charge on any atom is 0.0948 e. The fourth-order valence-electron chi connectivity index (χ4n) is 1.69. The van der Waals surface area contributed by atoms with Gasteiger partial charge in [-0.05, 0) is 12.8 Å². The first-order valence-electron chi connectivity index (χ1n) is 5.39. The lowest BCUT2D eigenvalue weighted by molar-refractivity contribution is 0.399. The molecule has 82 valence electrons. The molecule has 1 fully saturated rings. The van der Waals surface area contributed by atoms with Crippen molar-refractivity contribution in [2.45, 2.75) is 45.6 Å². The van der Waals surface area contributed by atoms with Gasteiger partial charge in [-0.2, -0.15) is 0 Å². The first-order chi connectivity index (χ1) is 6.97. The highest BCUT2D eigenvalue weighted by molar-refractivity contribution is 4.82. The van der Waals surface area contributed by atoms with Crippen LogP contribution >= 0.6 is 0 Å². The third kappa shape index (κ3) is 3.92. The average molecular weight is 198 g/mol. The molecule has 2 rings (SSSR count). The molecule has 0 aromatic carbocycles. The van der Waals surface area contributed by atoms with Gasteiger partial charge in [0.2, 0.25) is 0 Å². The van der Waals surface area contributed by atoms with Crippen molar-refractivity contribution in [3.63, 3.8) is 0 Å². The van der Waals surface area contributed by atoms with Crippen molar-refractivity contribution in [2.24, 2.45) is 0 Å². The summed E-state index contributed by atoms with van der Waals surface area (Å²) in [6, 6.07) is 0.752. The van der Waals surface area contributed by atoms with E-state index in [9.17, 15) is 0 Å². The predicted molar refractivity (Wildman–Crippen MR) is 59.2 cm³/mol. The topological polar surface area (TPSA) is 38.0 Å². The molecule has 0 aliphatic heterocycles. The van der Waals surface area contributed by atoms with Crippen LogP contribution < -0.4 is 0 Å². The fraction of sp³-hybridized carbons (Fsp3) is 0.727. The molecule has 1 aliphatic carbocycles. The lowest BCUT2D eigenvalue weighted by atomic mass is 10.2. The van der Waals surface area contributed by atoms with Crippen molar-refractivity contribution in [1.29, 1.82) is 0 Å². The van der Waals surface area contributed by atoms with Crippen LogP contribution in [0.25, 0.3) is 0 Å². The van der Waals surface area contributed by atoms with Crippen molar-refractivity contribution in [3.05, 3.63) is 18.7 Å². The maximum atomic E-state index is 7.00. The van der Waals surface area contributed by atoms with E-state index in [2.05, 4.69) is 15.7 Å². The van der Waals surface area contributed by atoms with Crippen molar-refractivity contribution in [3.8, 4) is 0 Å². The normalized spacial score (nSPS) is 15.1. The van der Waals surface area contributed by atoms with Crippen LogP contribution in [0.2, 0.25) is 0 Å². The van der Waals surface area contributed by atoms with Gasteiger partial charge in [0.05, 0.1) is 6.33 Å². The summed E-state index contributed by atoms with van der Waals surface area (Å²) in [6.07, 6.45) is 11.3. The van der Waals surface area contributed by atoms with E-state index in [1.165, 1.54) is 25.7 Å². The monoisotopic (exact) mass is 198 g/mol.